The fourth-order valence-corrected chi connectivity index (χ4v) is 4.20. The minimum atomic E-state index is -0.592. The Morgan fingerprint density at radius 3 is 2.67 bits per heavy atom. The summed E-state index contributed by atoms with van der Waals surface area (Å²) in [6.07, 6.45) is 2.87. The Morgan fingerprint density at radius 2 is 2.00 bits per heavy atom. The van der Waals surface area contributed by atoms with Gasteiger partial charge < -0.3 is 10.5 Å². The predicted molar refractivity (Wildman–Crippen MR) is 84.1 cm³/mol. The molecule has 4 rings (SSSR count). The summed E-state index contributed by atoms with van der Waals surface area (Å²) >= 11 is 6.23. The van der Waals surface area contributed by atoms with Gasteiger partial charge in [0.25, 0.3) is 0 Å². The van der Waals surface area contributed by atoms with Crippen LogP contribution in [0.3, 0.4) is 0 Å². The highest BCUT2D eigenvalue weighted by molar-refractivity contribution is 6.41. The molecule has 1 aromatic rings. The Morgan fingerprint density at radius 1 is 1.24 bits per heavy atom. The van der Waals surface area contributed by atoms with Crippen molar-refractivity contribution in [3.63, 3.8) is 0 Å². The third-order valence-electron chi connectivity index (χ3n) is 5.15. The Bertz CT molecular complexity index is 656. The maximum absolute atomic E-state index is 6.23. The molecule has 0 radical (unpaired) electrons. The molecule has 1 aromatic carbocycles. The molecule has 1 aliphatic carbocycles. The van der Waals surface area contributed by atoms with Crippen LogP contribution in [0.2, 0.25) is 5.02 Å². The van der Waals surface area contributed by atoms with Crippen LogP contribution in [0.25, 0.3) is 0 Å². The van der Waals surface area contributed by atoms with Crippen molar-refractivity contribution in [3.05, 3.63) is 34.3 Å². The van der Waals surface area contributed by atoms with Gasteiger partial charge in [0.2, 0.25) is 0 Å². The second kappa shape index (κ2) is 4.31. The molecule has 0 saturated carbocycles. The molecule has 2 N–H and O–H groups in total. The van der Waals surface area contributed by atoms with E-state index in [1.54, 1.807) is 0 Å². The number of halogens is 1. The molecule has 1 atom stereocenters. The first-order chi connectivity index (χ1) is 10.1. The first-order valence-corrected chi connectivity index (χ1v) is 7.73. The third kappa shape index (κ3) is 1.66. The average molecular weight is 304 g/mol. The van der Waals surface area contributed by atoms with E-state index in [0.717, 1.165) is 48.8 Å². The molecule has 0 amide bonds. The van der Waals surface area contributed by atoms with E-state index < -0.39 is 5.66 Å². The van der Waals surface area contributed by atoms with Crippen LogP contribution in [0.15, 0.2) is 28.2 Å². The minimum Gasteiger partial charge on any atom is -0.382 e. The second-order valence-electron chi connectivity index (χ2n) is 6.24. The number of benzene rings is 1. The standard InChI is InChI=1S/C16H18ClN3O/c1-10-14(18)20-16(19-10)13-8-12(17)3-2-11(13)9-15(16)4-6-21-7-5-15/h2-3,8H,4-7,9H2,1H3,(H2,18,20). The summed E-state index contributed by atoms with van der Waals surface area (Å²) < 4.78 is 5.58. The molecule has 2 spiro atoms. The Hall–Kier alpha value is -1.39. The van der Waals surface area contributed by atoms with E-state index in [-0.39, 0.29) is 5.41 Å². The number of nitrogens with two attached hydrogens (primary N) is 1. The van der Waals surface area contributed by atoms with E-state index >= 15 is 0 Å². The zero-order chi connectivity index (χ0) is 14.7. The van der Waals surface area contributed by atoms with Crippen LogP contribution in [0.1, 0.15) is 30.9 Å². The maximum Gasteiger partial charge on any atom is 0.184 e. The van der Waals surface area contributed by atoms with Crippen molar-refractivity contribution in [2.75, 3.05) is 13.2 Å². The Kier molecular flexibility index (Phi) is 2.72. The van der Waals surface area contributed by atoms with E-state index in [0.29, 0.717) is 5.84 Å². The summed E-state index contributed by atoms with van der Waals surface area (Å²) in [5.74, 6) is 0.550. The Balaban J connectivity index is 1.97. The van der Waals surface area contributed by atoms with Crippen LogP contribution in [0.4, 0.5) is 0 Å². The third-order valence-corrected chi connectivity index (χ3v) is 5.38. The fraction of sp³-hybridized carbons (Fsp3) is 0.500. The molecular formula is C16H18ClN3O. The van der Waals surface area contributed by atoms with Gasteiger partial charge in [0.05, 0.1) is 5.71 Å². The topological polar surface area (TPSA) is 60.0 Å². The van der Waals surface area contributed by atoms with Crippen LogP contribution >= 0.6 is 11.6 Å². The molecule has 0 bridgehead atoms. The lowest BCUT2D eigenvalue weighted by Gasteiger charge is -2.42. The zero-order valence-corrected chi connectivity index (χ0v) is 12.8. The van der Waals surface area contributed by atoms with Crippen LogP contribution < -0.4 is 5.73 Å². The molecule has 4 nitrogen and oxygen atoms in total. The molecule has 1 fully saturated rings. The zero-order valence-electron chi connectivity index (χ0n) is 12.0. The van der Waals surface area contributed by atoms with Crippen LogP contribution in [0, 0.1) is 5.41 Å². The number of nitrogens with zero attached hydrogens (tertiary/aromatic N) is 2. The highest BCUT2D eigenvalue weighted by Gasteiger charge is 2.60. The normalized spacial score (nSPS) is 29.6. The maximum atomic E-state index is 6.23. The second-order valence-corrected chi connectivity index (χ2v) is 6.67. The highest BCUT2D eigenvalue weighted by atomic mass is 35.5. The summed E-state index contributed by atoms with van der Waals surface area (Å²) in [4.78, 5) is 9.77. The SMILES string of the molecule is CC1=NC2(N=C1N)c1cc(Cl)ccc1CC21CCOCC1. The molecule has 2 heterocycles. The first kappa shape index (κ1) is 13.3. The lowest BCUT2D eigenvalue weighted by atomic mass is 9.70. The number of aliphatic imine (C=N–C) groups is 2. The number of fused-ring (bicyclic) bond motifs is 3. The van der Waals surface area contributed by atoms with Gasteiger partial charge in [0.15, 0.2) is 5.66 Å². The molecule has 1 saturated heterocycles. The molecule has 5 heteroatoms. The lowest BCUT2D eigenvalue weighted by molar-refractivity contribution is -0.0194. The number of amidine groups is 1. The molecule has 3 aliphatic rings. The van der Waals surface area contributed by atoms with E-state index in [2.05, 4.69) is 6.07 Å². The number of rotatable bonds is 0. The van der Waals surface area contributed by atoms with Gasteiger partial charge in [-0.05, 0) is 43.9 Å². The smallest absolute Gasteiger partial charge is 0.184 e. The quantitative estimate of drug-likeness (QED) is 0.801. The largest absolute Gasteiger partial charge is 0.382 e. The average Bonchev–Trinajstić information content (AvgIpc) is 2.90. The van der Waals surface area contributed by atoms with Gasteiger partial charge in [-0.1, -0.05) is 17.7 Å². The van der Waals surface area contributed by atoms with Crippen molar-refractivity contribution in [1.29, 1.82) is 0 Å². The van der Waals surface area contributed by atoms with Crippen molar-refractivity contribution in [1.82, 2.24) is 0 Å². The number of ether oxygens (including phenoxy) is 1. The van der Waals surface area contributed by atoms with Gasteiger partial charge in [0, 0.05) is 29.2 Å². The van der Waals surface area contributed by atoms with Crippen molar-refractivity contribution in [3.8, 4) is 0 Å². The number of hydrogen-bond donors (Lipinski definition) is 1. The van der Waals surface area contributed by atoms with Gasteiger partial charge >= 0.3 is 0 Å². The van der Waals surface area contributed by atoms with Crippen LogP contribution in [-0.2, 0) is 16.8 Å². The molecular weight excluding hydrogens is 286 g/mol. The lowest BCUT2D eigenvalue weighted by Crippen LogP contribution is -2.43. The van der Waals surface area contributed by atoms with Gasteiger partial charge in [-0.3, -0.25) is 4.99 Å². The molecule has 2 aliphatic heterocycles. The van der Waals surface area contributed by atoms with E-state index in [9.17, 15) is 0 Å². The summed E-state index contributed by atoms with van der Waals surface area (Å²) in [6, 6.07) is 6.07. The monoisotopic (exact) mass is 303 g/mol. The van der Waals surface area contributed by atoms with Crippen LogP contribution in [0.5, 0.6) is 0 Å². The molecule has 21 heavy (non-hydrogen) atoms. The number of hydrogen-bond acceptors (Lipinski definition) is 4. The van der Waals surface area contributed by atoms with Crippen molar-refractivity contribution in [2.24, 2.45) is 21.1 Å². The van der Waals surface area contributed by atoms with E-state index in [1.807, 2.05) is 19.1 Å². The summed E-state index contributed by atoms with van der Waals surface area (Å²) in [6.45, 7) is 3.45. The predicted octanol–water partition coefficient (Wildman–Crippen LogP) is 2.68. The summed E-state index contributed by atoms with van der Waals surface area (Å²) in [5, 5.41) is 0.728. The van der Waals surface area contributed by atoms with Gasteiger partial charge in [-0.15, -0.1) is 0 Å². The first-order valence-electron chi connectivity index (χ1n) is 7.35. The fourth-order valence-electron chi connectivity index (χ4n) is 4.03. The minimum absolute atomic E-state index is 0.0271. The van der Waals surface area contributed by atoms with Crippen molar-refractivity contribution >= 4 is 23.1 Å². The van der Waals surface area contributed by atoms with Gasteiger partial charge in [0.1, 0.15) is 5.84 Å². The molecule has 0 aromatic heterocycles. The van der Waals surface area contributed by atoms with E-state index in [1.165, 1.54) is 5.56 Å². The van der Waals surface area contributed by atoms with Gasteiger partial charge in [-0.25, -0.2) is 4.99 Å². The van der Waals surface area contributed by atoms with Crippen LogP contribution in [-0.4, -0.2) is 24.8 Å². The Labute approximate surface area is 129 Å². The van der Waals surface area contributed by atoms with E-state index in [4.69, 9.17) is 32.1 Å². The van der Waals surface area contributed by atoms with Crippen molar-refractivity contribution < 1.29 is 4.74 Å². The highest BCUT2D eigenvalue weighted by Crippen LogP contribution is 2.60. The summed E-state index contributed by atoms with van der Waals surface area (Å²) in [7, 11) is 0. The summed E-state index contributed by atoms with van der Waals surface area (Å²) in [5.41, 5.74) is 8.69. The van der Waals surface area contributed by atoms with Gasteiger partial charge in [-0.2, -0.15) is 0 Å². The van der Waals surface area contributed by atoms with Crippen molar-refractivity contribution in [2.45, 2.75) is 31.8 Å². The molecule has 110 valence electrons. The molecule has 1 unspecified atom stereocenters.